The van der Waals surface area contributed by atoms with Crippen molar-refractivity contribution in [2.24, 2.45) is 4.99 Å². The number of nitrogens with zero attached hydrogens (tertiary/aromatic N) is 3. The third kappa shape index (κ3) is 3.99. The highest BCUT2D eigenvalue weighted by Crippen LogP contribution is 2.21. The van der Waals surface area contributed by atoms with Gasteiger partial charge in [-0.1, -0.05) is 29.5 Å². The lowest BCUT2D eigenvalue weighted by Crippen LogP contribution is -2.23. The van der Waals surface area contributed by atoms with Crippen molar-refractivity contribution in [1.82, 2.24) is 4.57 Å². The third-order valence-electron chi connectivity index (χ3n) is 3.96. The van der Waals surface area contributed by atoms with Crippen molar-refractivity contribution >= 4 is 39.1 Å². The van der Waals surface area contributed by atoms with Crippen molar-refractivity contribution in [2.75, 3.05) is 6.61 Å². The van der Waals surface area contributed by atoms with E-state index < -0.39 is 16.8 Å². The van der Waals surface area contributed by atoms with Crippen LogP contribution in [0.4, 0.5) is 5.69 Å². The first-order chi connectivity index (χ1) is 13.4. The Balaban J connectivity index is 2.15. The number of thiazole rings is 1. The Morgan fingerprint density at radius 1 is 1.25 bits per heavy atom. The molecule has 0 aliphatic carbocycles. The predicted octanol–water partition coefficient (Wildman–Crippen LogP) is 3.22. The van der Waals surface area contributed by atoms with Crippen LogP contribution in [0.1, 0.15) is 22.8 Å². The molecule has 0 aliphatic rings. The largest absolute Gasteiger partial charge is 0.465 e. The maximum atomic E-state index is 12.7. The summed E-state index contributed by atoms with van der Waals surface area (Å²) in [6.45, 7) is 3.77. The van der Waals surface area contributed by atoms with Gasteiger partial charge in [0, 0.05) is 6.07 Å². The van der Waals surface area contributed by atoms with E-state index in [9.17, 15) is 19.7 Å². The molecule has 0 fully saturated rings. The number of esters is 1. The zero-order valence-electron chi connectivity index (χ0n) is 15.2. The van der Waals surface area contributed by atoms with E-state index in [1.54, 1.807) is 11.5 Å². The summed E-state index contributed by atoms with van der Waals surface area (Å²) < 4.78 is 7.45. The Bertz CT molecular complexity index is 1150. The normalized spacial score (nSPS) is 11.6. The molecule has 0 N–H and O–H groups in total. The van der Waals surface area contributed by atoms with Gasteiger partial charge in [0.2, 0.25) is 0 Å². The Kier molecular flexibility index (Phi) is 5.65. The summed E-state index contributed by atoms with van der Waals surface area (Å²) >= 11 is 1.23. The molecule has 144 valence electrons. The molecule has 0 saturated heterocycles. The van der Waals surface area contributed by atoms with Gasteiger partial charge in [-0.25, -0.2) is 0 Å². The summed E-state index contributed by atoms with van der Waals surface area (Å²) in [4.78, 5) is 39.6. The second kappa shape index (κ2) is 8.13. The second-order valence-electron chi connectivity index (χ2n) is 5.94. The van der Waals surface area contributed by atoms with Gasteiger partial charge in [0.05, 0.1) is 21.7 Å². The molecule has 0 saturated carbocycles. The number of rotatable bonds is 5. The van der Waals surface area contributed by atoms with Gasteiger partial charge in [0.25, 0.3) is 11.6 Å². The first kappa shape index (κ1) is 19.4. The standard InChI is InChI=1S/C19H17N3O5S/c1-3-27-17(23)11-21-15-9-8-12(2)10-16(15)28-19(21)20-18(24)13-6-4-5-7-14(13)22(25)26/h4-10H,3,11H2,1-2H3. The number of ether oxygens (including phenoxy) is 1. The number of nitro benzene ring substituents is 1. The molecule has 0 bridgehead atoms. The Morgan fingerprint density at radius 2 is 2.00 bits per heavy atom. The maximum absolute atomic E-state index is 12.7. The molecular formula is C19H17N3O5S. The van der Waals surface area contributed by atoms with Gasteiger partial charge < -0.3 is 9.30 Å². The summed E-state index contributed by atoms with van der Waals surface area (Å²) in [6.07, 6.45) is 0. The quantitative estimate of drug-likeness (QED) is 0.372. The number of carbonyl (C=O) groups excluding carboxylic acids is 2. The van der Waals surface area contributed by atoms with Crippen molar-refractivity contribution in [3.8, 4) is 0 Å². The molecule has 2 aromatic carbocycles. The van der Waals surface area contributed by atoms with Crippen LogP contribution in [0.2, 0.25) is 0 Å². The van der Waals surface area contributed by atoms with E-state index in [0.29, 0.717) is 0 Å². The van der Waals surface area contributed by atoms with Crippen molar-refractivity contribution < 1.29 is 19.2 Å². The summed E-state index contributed by atoms with van der Waals surface area (Å²) in [7, 11) is 0. The Labute approximate surface area is 163 Å². The zero-order chi connectivity index (χ0) is 20.3. The lowest BCUT2D eigenvalue weighted by molar-refractivity contribution is -0.385. The first-order valence-electron chi connectivity index (χ1n) is 8.48. The van der Waals surface area contributed by atoms with Crippen LogP contribution in [0.15, 0.2) is 47.5 Å². The summed E-state index contributed by atoms with van der Waals surface area (Å²) in [5, 5.41) is 11.2. The summed E-state index contributed by atoms with van der Waals surface area (Å²) in [5.74, 6) is -1.20. The zero-order valence-corrected chi connectivity index (χ0v) is 16.1. The molecule has 0 spiro atoms. The fourth-order valence-corrected chi connectivity index (χ4v) is 3.84. The third-order valence-corrected chi connectivity index (χ3v) is 5.00. The highest BCUT2D eigenvalue weighted by atomic mass is 32.1. The van der Waals surface area contributed by atoms with E-state index in [1.807, 2.05) is 25.1 Å². The van der Waals surface area contributed by atoms with Gasteiger partial charge in [-0.15, -0.1) is 0 Å². The van der Waals surface area contributed by atoms with E-state index >= 15 is 0 Å². The Hall–Kier alpha value is -3.33. The molecule has 0 unspecified atom stereocenters. The average molecular weight is 399 g/mol. The van der Waals surface area contributed by atoms with E-state index in [4.69, 9.17) is 4.74 Å². The summed E-state index contributed by atoms with van der Waals surface area (Å²) in [5.41, 5.74) is 1.33. The molecular weight excluding hydrogens is 382 g/mol. The molecule has 0 atom stereocenters. The fraction of sp³-hybridized carbons (Fsp3) is 0.211. The number of nitro groups is 1. The minimum Gasteiger partial charge on any atom is -0.465 e. The van der Waals surface area contributed by atoms with Gasteiger partial charge in [0.1, 0.15) is 12.1 Å². The number of aryl methyl sites for hydroxylation is 1. The fourth-order valence-electron chi connectivity index (χ4n) is 2.72. The topological polar surface area (TPSA) is 104 Å². The van der Waals surface area contributed by atoms with Crippen molar-refractivity contribution in [3.63, 3.8) is 0 Å². The summed E-state index contributed by atoms with van der Waals surface area (Å²) in [6, 6.07) is 11.3. The SMILES string of the molecule is CCOC(=O)Cn1c(=NC(=O)c2ccccc2[N+](=O)[O-])sc2cc(C)ccc21. The predicted molar refractivity (Wildman–Crippen MR) is 104 cm³/mol. The van der Waals surface area contributed by atoms with Crippen molar-refractivity contribution in [1.29, 1.82) is 0 Å². The van der Waals surface area contributed by atoms with E-state index in [0.717, 1.165) is 15.8 Å². The van der Waals surface area contributed by atoms with Crippen LogP contribution in [0, 0.1) is 17.0 Å². The number of para-hydroxylation sites is 1. The van der Waals surface area contributed by atoms with Crippen molar-refractivity contribution in [2.45, 2.75) is 20.4 Å². The van der Waals surface area contributed by atoms with Gasteiger partial charge in [0.15, 0.2) is 4.80 Å². The molecule has 28 heavy (non-hydrogen) atoms. The van der Waals surface area contributed by atoms with Gasteiger partial charge in [-0.2, -0.15) is 4.99 Å². The van der Waals surface area contributed by atoms with Crippen LogP contribution in [-0.2, 0) is 16.1 Å². The molecule has 1 aromatic heterocycles. The number of carbonyl (C=O) groups is 2. The number of benzene rings is 2. The minimum absolute atomic E-state index is 0.108. The van der Waals surface area contributed by atoms with E-state index in [2.05, 4.69) is 4.99 Å². The number of aromatic nitrogens is 1. The smallest absolute Gasteiger partial charge is 0.326 e. The van der Waals surface area contributed by atoms with Gasteiger partial charge in [-0.3, -0.25) is 19.7 Å². The van der Waals surface area contributed by atoms with Crippen LogP contribution < -0.4 is 4.80 Å². The second-order valence-corrected chi connectivity index (χ2v) is 6.95. The van der Waals surface area contributed by atoms with Gasteiger partial charge >= 0.3 is 5.97 Å². The van der Waals surface area contributed by atoms with Crippen LogP contribution >= 0.6 is 11.3 Å². The van der Waals surface area contributed by atoms with Crippen molar-refractivity contribution in [3.05, 3.63) is 68.5 Å². The Morgan fingerprint density at radius 3 is 2.71 bits per heavy atom. The molecule has 1 heterocycles. The number of hydrogen-bond donors (Lipinski definition) is 0. The molecule has 3 rings (SSSR count). The lowest BCUT2D eigenvalue weighted by atomic mass is 10.2. The van der Waals surface area contributed by atoms with Crippen LogP contribution in [0.25, 0.3) is 10.2 Å². The molecule has 0 radical (unpaired) electrons. The van der Waals surface area contributed by atoms with E-state index in [1.165, 1.54) is 35.6 Å². The molecule has 3 aromatic rings. The number of hydrogen-bond acceptors (Lipinski definition) is 6. The van der Waals surface area contributed by atoms with Crippen LogP contribution in [0.5, 0.6) is 0 Å². The molecule has 1 amide bonds. The molecule has 9 heteroatoms. The monoisotopic (exact) mass is 399 g/mol. The lowest BCUT2D eigenvalue weighted by Gasteiger charge is -2.05. The highest BCUT2D eigenvalue weighted by molar-refractivity contribution is 7.16. The highest BCUT2D eigenvalue weighted by Gasteiger charge is 2.20. The van der Waals surface area contributed by atoms with Gasteiger partial charge in [-0.05, 0) is 37.6 Å². The van der Waals surface area contributed by atoms with Crippen LogP contribution in [-0.4, -0.2) is 28.0 Å². The maximum Gasteiger partial charge on any atom is 0.326 e. The molecule has 0 aliphatic heterocycles. The number of amides is 1. The minimum atomic E-state index is -0.742. The first-order valence-corrected chi connectivity index (χ1v) is 9.30. The van der Waals surface area contributed by atoms with Crippen LogP contribution in [0.3, 0.4) is 0 Å². The number of fused-ring (bicyclic) bond motifs is 1. The average Bonchev–Trinajstić information content (AvgIpc) is 2.97. The van der Waals surface area contributed by atoms with E-state index in [-0.39, 0.29) is 29.2 Å². The molecule has 8 nitrogen and oxygen atoms in total.